The number of halogens is 1. The Morgan fingerprint density at radius 1 is 1.00 bits per heavy atom. The minimum absolute atomic E-state index is 0.179. The van der Waals surface area contributed by atoms with Crippen molar-refractivity contribution >= 4 is 33.2 Å². The summed E-state index contributed by atoms with van der Waals surface area (Å²) < 4.78 is 38.6. The van der Waals surface area contributed by atoms with Gasteiger partial charge in [-0.15, -0.1) is 0 Å². The second-order valence-electron chi connectivity index (χ2n) is 8.15. The third-order valence-corrected chi connectivity index (χ3v) is 8.50. The average molecular weight is 479 g/mol. The molecule has 0 bridgehead atoms. The van der Waals surface area contributed by atoms with E-state index in [0.29, 0.717) is 68.6 Å². The summed E-state index contributed by atoms with van der Waals surface area (Å²) >= 11 is 6.05. The highest BCUT2D eigenvalue weighted by molar-refractivity contribution is 7.89. The molecular weight excluding hydrogens is 452 g/mol. The Balaban J connectivity index is 1.63. The molecule has 2 heterocycles. The minimum atomic E-state index is -3.68. The molecule has 0 aliphatic carbocycles. The number of nitrogens with zero attached hydrogens (tertiary/aromatic N) is 1. The van der Waals surface area contributed by atoms with Crippen LogP contribution >= 0.6 is 11.6 Å². The topological polar surface area (TPSA) is 84.9 Å². The van der Waals surface area contributed by atoms with E-state index < -0.39 is 15.4 Å². The summed E-state index contributed by atoms with van der Waals surface area (Å²) in [7, 11) is -3.68. The first-order valence-corrected chi connectivity index (χ1v) is 12.5. The number of rotatable bonds is 5. The Morgan fingerprint density at radius 2 is 1.62 bits per heavy atom. The van der Waals surface area contributed by atoms with Gasteiger partial charge in [-0.2, -0.15) is 4.31 Å². The predicted octanol–water partition coefficient (Wildman–Crippen LogP) is 3.36. The van der Waals surface area contributed by atoms with Crippen LogP contribution in [0.5, 0.6) is 0 Å². The van der Waals surface area contributed by atoms with E-state index in [2.05, 4.69) is 5.32 Å². The molecule has 2 saturated heterocycles. The molecule has 32 heavy (non-hydrogen) atoms. The average Bonchev–Trinajstić information content (AvgIpc) is 2.81. The highest BCUT2D eigenvalue weighted by Gasteiger charge is 2.42. The number of carbonyl (C=O) groups excluding carboxylic acids is 1. The molecular formula is C23H27ClN2O5S. The number of nitrogens with one attached hydrogen (secondary N) is 1. The molecule has 7 nitrogen and oxygen atoms in total. The van der Waals surface area contributed by atoms with Crippen LogP contribution in [0, 0.1) is 6.92 Å². The van der Waals surface area contributed by atoms with E-state index >= 15 is 0 Å². The van der Waals surface area contributed by atoms with Gasteiger partial charge in [0.15, 0.2) is 0 Å². The van der Waals surface area contributed by atoms with Gasteiger partial charge in [0.1, 0.15) is 0 Å². The summed E-state index contributed by atoms with van der Waals surface area (Å²) in [4.78, 5) is 13.7. The maximum atomic E-state index is 13.5. The molecule has 0 unspecified atom stereocenters. The zero-order chi connectivity index (χ0) is 22.8. The van der Waals surface area contributed by atoms with Gasteiger partial charge in [-0.25, -0.2) is 8.42 Å². The van der Waals surface area contributed by atoms with E-state index in [-0.39, 0.29) is 10.8 Å². The van der Waals surface area contributed by atoms with Gasteiger partial charge in [-0.1, -0.05) is 29.8 Å². The van der Waals surface area contributed by atoms with Gasteiger partial charge in [-0.05, 0) is 55.2 Å². The zero-order valence-corrected chi connectivity index (χ0v) is 19.5. The zero-order valence-electron chi connectivity index (χ0n) is 18.0. The van der Waals surface area contributed by atoms with Crippen LogP contribution in [0.4, 0.5) is 5.69 Å². The maximum absolute atomic E-state index is 13.5. The third kappa shape index (κ3) is 4.56. The van der Waals surface area contributed by atoms with Gasteiger partial charge in [-0.3, -0.25) is 4.79 Å². The highest BCUT2D eigenvalue weighted by atomic mass is 35.5. The van der Waals surface area contributed by atoms with Crippen molar-refractivity contribution in [3.63, 3.8) is 0 Å². The van der Waals surface area contributed by atoms with E-state index in [0.717, 1.165) is 5.56 Å². The number of morpholine rings is 1. The van der Waals surface area contributed by atoms with Crippen LogP contribution in [0.15, 0.2) is 47.4 Å². The molecule has 2 aromatic rings. The van der Waals surface area contributed by atoms with Crippen molar-refractivity contribution in [2.75, 3.05) is 44.8 Å². The lowest BCUT2D eigenvalue weighted by Gasteiger charge is -2.36. The van der Waals surface area contributed by atoms with E-state index in [1.54, 1.807) is 37.3 Å². The fourth-order valence-electron chi connectivity index (χ4n) is 4.27. The molecule has 0 radical (unpaired) electrons. The van der Waals surface area contributed by atoms with Crippen molar-refractivity contribution in [2.24, 2.45) is 0 Å². The van der Waals surface area contributed by atoms with Crippen LogP contribution in [0.2, 0.25) is 5.02 Å². The number of amides is 1. The van der Waals surface area contributed by atoms with Crippen LogP contribution in [0.1, 0.15) is 24.0 Å². The molecule has 2 aliphatic rings. The van der Waals surface area contributed by atoms with Crippen LogP contribution in [-0.4, -0.2) is 58.1 Å². The Bertz CT molecular complexity index is 1080. The molecule has 2 fully saturated rings. The van der Waals surface area contributed by atoms with E-state index in [1.807, 2.05) is 12.1 Å². The lowest BCUT2D eigenvalue weighted by Crippen LogP contribution is -2.45. The fraction of sp³-hybridized carbons (Fsp3) is 0.435. The number of hydrogen-bond acceptors (Lipinski definition) is 5. The quantitative estimate of drug-likeness (QED) is 0.712. The molecule has 1 amide bonds. The lowest BCUT2D eigenvalue weighted by atomic mass is 9.73. The standard InChI is InChI=1S/C23H27ClN2O5S/c1-17-2-7-20(16-21(17)32(28,29)26-10-14-31-15-11-26)25-22(27)23(8-12-30-13-9-23)18-3-5-19(24)6-4-18/h2-7,16H,8-15H2,1H3,(H,25,27). The van der Waals surface area contributed by atoms with Crippen LogP contribution in [0.3, 0.4) is 0 Å². The van der Waals surface area contributed by atoms with Crippen molar-refractivity contribution in [3.05, 3.63) is 58.6 Å². The smallest absolute Gasteiger partial charge is 0.243 e. The second kappa shape index (κ2) is 9.49. The number of benzene rings is 2. The fourth-order valence-corrected chi connectivity index (χ4v) is 6.05. The molecule has 172 valence electrons. The molecule has 1 N–H and O–H groups in total. The number of aryl methyl sites for hydroxylation is 1. The van der Waals surface area contributed by atoms with E-state index in [4.69, 9.17) is 21.1 Å². The summed E-state index contributed by atoms with van der Waals surface area (Å²) in [6.45, 7) is 4.09. The monoisotopic (exact) mass is 478 g/mol. The molecule has 0 atom stereocenters. The molecule has 0 spiro atoms. The third-order valence-electron chi connectivity index (χ3n) is 6.21. The van der Waals surface area contributed by atoms with Crippen molar-refractivity contribution in [2.45, 2.75) is 30.1 Å². The van der Waals surface area contributed by atoms with Gasteiger partial charge in [0, 0.05) is 37.0 Å². The minimum Gasteiger partial charge on any atom is -0.381 e. The number of anilines is 1. The van der Waals surface area contributed by atoms with E-state index in [9.17, 15) is 13.2 Å². The second-order valence-corrected chi connectivity index (χ2v) is 10.5. The van der Waals surface area contributed by atoms with Crippen LogP contribution in [-0.2, 0) is 29.7 Å². The van der Waals surface area contributed by atoms with Gasteiger partial charge in [0.05, 0.1) is 23.5 Å². The lowest BCUT2D eigenvalue weighted by molar-refractivity contribution is -0.125. The molecule has 0 aromatic heterocycles. The molecule has 4 rings (SSSR count). The number of hydrogen-bond donors (Lipinski definition) is 1. The molecule has 2 aliphatic heterocycles. The summed E-state index contributed by atoms with van der Waals surface area (Å²) in [5.74, 6) is -0.179. The summed E-state index contributed by atoms with van der Waals surface area (Å²) in [5.41, 5.74) is 1.19. The summed E-state index contributed by atoms with van der Waals surface area (Å²) in [6.07, 6.45) is 1.07. The number of sulfonamides is 1. The Morgan fingerprint density at radius 3 is 2.28 bits per heavy atom. The summed E-state index contributed by atoms with van der Waals surface area (Å²) in [6, 6.07) is 12.3. The van der Waals surface area contributed by atoms with Gasteiger partial charge in [0.2, 0.25) is 15.9 Å². The SMILES string of the molecule is Cc1ccc(NC(=O)C2(c3ccc(Cl)cc3)CCOCC2)cc1S(=O)(=O)N1CCOCC1. The first-order chi connectivity index (χ1) is 15.3. The Labute approximate surface area is 193 Å². The first kappa shape index (κ1) is 23.2. The summed E-state index contributed by atoms with van der Waals surface area (Å²) in [5, 5.41) is 3.58. The van der Waals surface area contributed by atoms with Gasteiger partial charge >= 0.3 is 0 Å². The van der Waals surface area contributed by atoms with Crippen molar-refractivity contribution in [3.8, 4) is 0 Å². The normalized spacial score (nSPS) is 19.4. The molecule has 0 saturated carbocycles. The first-order valence-electron chi connectivity index (χ1n) is 10.7. The Kier molecular flexibility index (Phi) is 6.88. The van der Waals surface area contributed by atoms with Crippen LogP contribution < -0.4 is 5.32 Å². The van der Waals surface area contributed by atoms with Crippen molar-refractivity contribution in [1.29, 1.82) is 0 Å². The Hall–Kier alpha value is -1.97. The van der Waals surface area contributed by atoms with E-state index in [1.165, 1.54) is 4.31 Å². The molecule has 2 aromatic carbocycles. The number of ether oxygens (including phenoxy) is 2. The highest BCUT2D eigenvalue weighted by Crippen LogP contribution is 2.37. The van der Waals surface area contributed by atoms with Crippen molar-refractivity contribution < 1.29 is 22.7 Å². The predicted molar refractivity (Wildman–Crippen MR) is 123 cm³/mol. The largest absolute Gasteiger partial charge is 0.381 e. The number of carbonyl (C=O) groups is 1. The van der Waals surface area contributed by atoms with Crippen LogP contribution in [0.25, 0.3) is 0 Å². The van der Waals surface area contributed by atoms with Gasteiger partial charge < -0.3 is 14.8 Å². The van der Waals surface area contributed by atoms with Crippen molar-refractivity contribution in [1.82, 2.24) is 4.31 Å². The maximum Gasteiger partial charge on any atom is 0.243 e. The van der Waals surface area contributed by atoms with Gasteiger partial charge in [0.25, 0.3) is 0 Å². The molecule has 9 heteroatoms.